The standard InChI is InChI=1S/4O.2U. The van der Waals surface area contributed by atoms with Gasteiger partial charge in [-0.05, 0) is 0 Å². The van der Waals surface area contributed by atoms with Crippen molar-refractivity contribution in [1.82, 2.24) is 0 Å². The summed E-state index contributed by atoms with van der Waals surface area (Å²) in [6.45, 7) is 0. The van der Waals surface area contributed by atoms with Gasteiger partial charge in [0.05, 0.1) is 0 Å². The van der Waals surface area contributed by atoms with E-state index in [-0.39, 0.29) is 0 Å². The van der Waals surface area contributed by atoms with Gasteiger partial charge in [0, 0.05) is 0 Å². The van der Waals surface area contributed by atoms with Gasteiger partial charge < -0.3 is 0 Å². The molecule has 0 aromatic heterocycles. The van der Waals surface area contributed by atoms with Crippen molar-refractivity contribution in [3.05, 3.63) is 0 Å². The monoisotopic (exact) mass is 540 g/mol. The Morgan fingerprint density at radius 3 is 0.667 bits per heavy atom. The van der Waals surface area contributed by atoms with E-state index in [1.54, 1.807) is 0 Å². The zero-order valence-electron chi connectivity index (χ0n) is 2.63. The van der Waals surface area contributed by atoms with Crippen LogP contribution in [0, 0.1) is 55.6 Å². The van der Waals surface area contributed by atoms with Gasteiger partial charge in [0.25, 0.3) is 0 Å². The van der Waals surface area contributed by atoms with E-state index < -0.39 is 55.6 Å². The van der Waals surface area contributed by atoms with E-state index in [1.165, 1.54) is 0 Å². The Morgan fingerprint density at radius 2 is 0.667 bits per heavy atom. The van der Waals surface area contributed by atoms with Gasteiger partial charge in [-0.25, -0.2) is 0 Å². The van der Waals surface area contributed by atoms with E-state index in [0.29, 0.717) is 0 Å². The molecule has 0 unspecified atom stereocenters. The van der Waals surface area contributed by atoms with Crippen molar-refractivity contribution >= 4 is 0 Å². The summed E-state index contributed by atoms with van der Waals surface area (Å²) in [6.07, 6.45) is 0. The first kappa shape index (κ1) is 10.3. The van der Waals surface area contributed by atoms with Crippen molar-refractivity contribution in [3.63, 3.8) is 0 Å². The molecule has 0 bridgehead atoms. The van der Waals surface area contributed by atoms with Gasteiger partial charge in [-0.15, -0.1) is 0 Å². The zero-order chi connectivity index (χ0) is 5.41. The van der Waals surface area contributed by atoms with Gasteiger partial charge in [-0.1, -0.05) is 0 Å². The van der Waals surface area contributed by atoms with Crippen LogP contribution in [0.4, 0.5) is 0 Å². The second-order valence-corrected chi connectivity index (χ2v) is 1.55. The van der Waals surface area contributed by atoms with Crippen LogP contribution in [0.2, 0.25) is 0 Å². The molecule has 0 amide bonds. The molecule has 0 aliphatic carbocycles. The maximum atomic E-state index is 8.58. The first-order chi connectivity index (χ1) is 2.83. The van der Waals surface area contributed by atoms with Crippen LogP contribution < -0.4 is 0 Å². The van der Waals surface area contributed by atoms with Crippen LogP contribution >= 0.6 is 0 Å². The molecule has 4 nitrogen and oxygen atoms in total. The molecule has 32 valence electrons. The molecule has 0 saturated carbocycles. The molecule has 0 aromatic carbocycles. The average molecular weight is 540 g/mol. The summed E-state index contributed by atoms with van der Waals surface area (Å²) >= 11 is -5.01. The van der Waals surface area contributed by atoms with Crippen LogP contribution in [0.5, 0.6) is 0 Å². The molecule has 0 heterocycles. The summed E-state index contributed by atoms with van der Waals surface area (Å²) in [6, 6.07) is 0. The van der Waals surface area contributed by atoms with Gasteiger partial charge >= 0.3 is 64.6 Å². The van der Waals surface area contributed by atoms with Gasteiger partial charge in [-0.3, -0.25) is 0 Å². The van der Waals surface area contributed by atoms with Gasteiger partial charge in [-0.2, -0.15) is 0 Å². The summed E-state index contributed by atoms with van der Waals surface area (Å²) in [4.78, 5) is 0. The molecule has 0 N–H and O–H groups in total. The summed E-state index contributed by atoms with van der Waals surface area (Å²) < 4.78 is 34.3. The van der Waals surface area contributed by atoms with Gasteiger partial charge in [0.15, 0.2) is 0 Å². The Labute approximate surface area is 63.5 Å². The van der Waals surface area contributed by atoms with E-state index in [4.69, 9.17) is 8.94 Å². The SMILES string of the molecule is [O]=[U]=[O].[O]=[U]=[O]. The molecule has 0 rings (SSSR count). The Morgan fingerprint density at radius 1 is 0.667 bits per heavy atom. The Kier molecular flexibility index (Phi) is 27.9. The van der Waals surface area contributed by atoms with Crippen LogP contribution in [0.3, 0.4) is 0 Å². The number of rotatable bonds is 0. The number of hydrogen-bond donors (Lipinski definition) is 0. The second kappa shape index (κ2) is 16.2. The topological polar surface area (TPSA) is 68.3 Å². The quantitative estimate of drug-likeness (QED) is 0.417. The van der Waals surface area contributed by atoms with Gasteiger partial charge in [0.1, 0.15) is 0 Å². The first-order valence-electron chi connectivity index (χ1n) is 0.816. The van der Waals surface area contributed by atoms with Crippen LogP contribution in [0.25, 0.3) is 0 Å². The second-order valence-electron chi connectivity index (χ2n) is 0.167. The predicted octanol–water partition coefficient (Wildman–Crippen LogP) is -0.475. The van der Waals surface area contributed by atoms with Crippen LogP contribution in [0.1, 0.15) is 0 Å². The van der Waals surface area contributed by atoms with E-state index in [2.05, 4.69) is 0 Å². The molecule has 0 fully saturated rings. The molecule has 0 saturated heterocycles. The molecule has 6 heavy (non-hydrogen) atoms. The van der Waals surface area contributed by atoms with Crippen LogP contribution in [0.15, 0.2) is 0 Å². The van der Waals surface area contributed by atoms with Crippen molar-refractivity contribution in [2.45, 2.75) is 0 Å². The predicted molar refractivity (Wildman–Crippen MR) is 2.75 cm³/mol. The summed E-state index contributed by atoms with van der Waals surface area (Å²) in [5, 5.41) is 0. The molecule has 0 radical (unpaired) electrons. The fraction of sp³-hybridized carbons (Fsp3) is 0. The Hall–Kier alpha value is 1.30. The van der Waals surface area contributed by atoms with Crippen molar-refractivity contribution in [2.75, 3.05) is 0 Å². The van der Waals surface area contributed by atoms with Crippen LogP contribution in [-0.4, -0.2) is 0 Å². The van der Waals surface area contributed by atoms with E-state index in [9.17, 15) is 0 Å². The molecular weight excluding hydrogens is 540 g/mol. The van der Waals surface area contributed by atoms with Crippen molar-refractivity contribution < 1.29 is 64.6 Å². The molecular formula is O4U2. The maximum absolute atomic E-state index is 8.58. The third-order valence-corrected chi connectivity index (χ3v) is 0. The van der Waals surface area contributed by atoms with Crippen molar-refractivity contribution in [1.29, 1.82) is 0 Å². The zero-order valence-corrected chi connectivity index (χ0v) is 11.0. The third kappa shape index (κ3) is 57.8. The first-order valence-corrected chi connectivity index (χ1v) is 7.62. The number of hydrogen-bond acceptors (Lipinski definition) is 4. The summed E-state index contributed by atoms with van der Waals surface area (Å²) in [7, 11) is 0. The average Bonchev–Trinajstić information content (AvgIpc) is 1.39. The summed E-state index contributed by atoms with van der Waals surface area (Å²) in [5.41, 5.74) is 0. The fourth-order valence-corrected chi connectivity index (χ4v) is 0. The minimum absolute atomic E-state index is 2.51. The normalized spacial score (nSPS) is 2.67. The van der Waals surface area contributed by atoms with Crippen molar-refractivity contribution in [3.8, 4) is 0 Å². The summed E-state index contributed by atoms with van der Waals surface area (Å²) in [5.74, 6) is 0. The Balaban J connectivity index is 0. The van der Waals surface area contributed by atoms with Crippen molar-refractivity contribution in [2.24, 2.45) is 0 Å². The van der Waals surface area contributed by atoms with Gasteiger partial charge in [0.2, 0.25) is 0 Å². The fourth-order valence-electron chi connectivity index (χ4n) is 0. The Bertz CT molecular complexity index is 59.5. The molecule has 0 aliphatic heterocycles. The minimum atomic E-state index is -2.51. The van der Waals surface area contributed by atoms with Crippen LogP contribution in [-0.2, 0) is 8.94 Å². The molecule has 0 spiro atoms. The van der Waals surface area contributed by atoms with E-state index in [0.717, 1.165) is 0 Å². The molecule has 0 atom stereocenters. The van der Waals surface area contributed by atoms with E-state index in [1.807, 2.05) is 0 Å². The molecule has 0 aliphatic rings. The molecule has 0 aromatic rings. The van der Waals surface area contributed by atoms with E-state index >= 15 is 0 Å². The third-order valence-electron chi connectivity index (χ3n) is 0. The molecule has 6 heteroatoms.